The van der Waals surface area contributed by atoms with E-state index < -0.39 is 0 Å². The molecule has 1 fully saturated rings. The van der Waals surface area contributed by atoms with Gasteiger partial charge in [-0.05, 0) is 36.4 Å². The summed E-state index contributed by atoms with van der Waals surface area (Å²) in [6, 6.07) is 15.9. The predicted molar refractivity (Wildman–Crippen MR) is 120 cm³/mol. The lowest BCUT2D eigenvalue weighted by Crippen LogP contribution is -2.38. The van der Waals surface area contributed by atoms with E-state index in [1.807, 2.05) is 40.8 Å². The number of rotatable bonds is 6. The number of carbonyl (C=O) groups excluding carboxylic acids is 1. The number of aromatic nitrogens is 3. The molecule has 0 aliphatic carbocycles. The van der Waals surface area contributed by atoms with Gasteiger partial charge in [0.05, 0.1) is 31.4 Å². The maximum atomic E-state index is 12.8. The van der Waals surface area contributed by atoms with Crippen molar-refractivity contribution in [3.63, 3.8) is 0 Å². The van der Waals surface area contributed by atoms with Gasteiger partial charge in [-0.1, -0.05) is 12.1 Å². The summed E-state index contributed by atoms with van der Waals surface area (Å²) >= 11 is 0. The topological polar surface area (TPSA) is 61.0 Å². The second-order valence-corrected chi connectivity index (χ2v) is 7.82. The smallest absolute Gasteiger partial charge is 0.216 e. The number of imidazole rings is 2. The summed E-state index contributed by atoms with van der Waals surface area (Å²) in [6.07, 6.45) is 0. The predicted octanol–water partition coefficient (Wildman–Crippen LogP) is 3.50. The fourth-order valence-corrected chi connectivity index (χ4v) is 4.37. The second kappa shape index (κ2) is 8.17. The van der Waals surface area contributed by atoms with E-state index in [1.54, 1.807) is 14.0 Å². The molecule has 1 aliphatic rings. The van der Waals surface area contributed by atoms with Gasteiger partial charge in [0.15, 0.2) is 5.78 Å². The van der Waals surface area contributed by atoms with E-state index in [1.165, 1.54) is 0 Å². The van der Waals surface area contributed by atoms with Crippen LogP contribution in [0.5, 0.6) is 5.75 Å². The fourth-order valence-electron chi connectivity index (χ4n) is 4.37. The molecule has 4 aromatic rings. The fraction of sp³-hybridized carbons (Fsp3) is 0.333. The molecule has 1 aliphatic heterocycles. The Morgan fingerprint density at radius 2 is 1.74 bits per heavy atom. The van der Waals surface area contributed by atoms with Crippen LogP contribution in [-0.2, 0) is 11.3 Å². The van der Waals surface area contributed by atoms with Gasteiger partial charge >= 0.3 is 0 Å². The summed E-state index contributed by atoms with van der Waals surface area (Å²) in [5.74, 6) is 1.57. The minimum absolute atomic E-state index is 0.00518. The quantitative estimate of drug-likeness (QED) is 0.449. The first-order chi connectivity index (χ1) is 15.2. The van der Waals surface area contributed by atoms with Crippen molar-refractivity contribution in [2.45, 2.75) is 13.5 Å². The third-order valence-corrected chi connectivity index (χ3v) is 5.96. The molecule has 5 rings (SSSR count). The molecule has 2 aromatic heterocycles. The molecule has 3 heterocycles. The van der Waals surface area contributed by atoms with Gasteiger partial charge in [0.2, 0.25) is 5.78 Å². The molecule has 0 unspecified atom stereocenters. The summed E-state index contributed by atoms with van der Waals surface area (Å²) in [4.78, 5) is 20.2. The van der Waals surface area contributed by atoms with Gasteiger partial charge in [-0.2, -0.15) is 0 Å². The van der Waals surface area contributed by atoms with Gasteiger partial charge in [-0.25, -0.2) is 4.98 Å². The minimum Gasteiger partial charge on any atom is -0.497 e. The van der Waals surface area contributed by atoms with Crippen LogP contribution in [0, 0.1) is 0 Å². The normalized spacial score (nSPS) is 15.0. The van der Waals surface area contributed by atoms with Crippen molar-refractivity contribution >= 4 is 22.6 Å². The molecule has 7 heteroatoms. The average molecular weight is 418 g/mol. The first-order valence-corrected chi connectivity index (χ1v) is 10.6. The Kier molecular flexibility index (Phi) is 5.21. The van der Waals surface area contributed by atoms with Crippen molar-refractivity contribution in [3.05, 3.63) is 54.2 Å². The maximum absolute atomic E-state index is 12.8. The van der Waals surface area contributed by atoms with Crippen LogP contribution < -0.4 is 4.74 Å². The molecule has 0 N–H and O–H groups in total. The van der Waals surface area contributed by atoms with E-state index in [0.29, 0.717) is 11.4 Å². The lowest BCUT2D eigenvalue weighted by Gasteiger charge is -2.26. The van der Waals surface area contributed by atoms with Gasteiger partial charge in [0.25, 0.3) is 0 Å². The zero-order valence-electron chi connectivity index (χ0n) is 17.9. The highest BCUT2D eigenvalue weighted by Crippen LogP contribution is 2.31. The molecular weight excluding hydrogens is 392 g/mol. The van der Waals surface area contributed by atoms with Gasteiger partial charge in [-0.15, -0.1) is 0 Å². The summed E-state index contributed by atoms with van der Waals surface area (Å²) in [5, 5.41) is 0. The van der Waals surface area contributed by atoms with E-state index in [2.05, 4.69) is 21.6 Å². The van der Waals surface area contributed by atoms with Gasteiger partial charge in [0, 0.05) is 38.7 Å². The van der Waals surface area contributed by atoms with Gasteiger partial charge < -0.3 is 14.0 Å². The number of nitrogens with zero attached hydrogens (tertiary/aromatic N) is 4. The van der Waals surface area contributed by atoms with E-state index >= 15 is 0 Å². The molecule has 1 saturated heterocycles. The van der Waals surface area contributed by atoms with Crippen LogP contribution in [0.4, 0.5) is 0 Å². The van der Waals surface area contributed by atoms with Crippen molar-refractivity contribution in [1.82, 2.24) is 18.9 Å². The van der Waals surface area contributed by atoms with Gasteiger partial charge in [-0.3, -0.25) is 14.1 Å². The van der Waals surface area contributed by atoms with E-state index in [-0.39, 0.29) is 5.78 Å². The Bertz CT molecular complexity index is 1230. The average Bonchev–Trinajstić information content (AvgIpc) is 3.34. The monoisotopic (exact) mass is 418 g/mol. The zero-order chi connectivity index (χ0) is 21.4. The lowest BCUT2D eigenvalue weighted by atomic mass is 10.1. The van der Waals surface area contributed by atoms with Crippen molar-refractivity contribution < 1.29 is 14.3 Å². The first kappa shape index (κ1) is 19.8. The number of ether oxygens (including phenoxy) is 2. The second-order valence-electron chi connectivity index (χ2n) is 7.82. The number of hydrogen-bond acceptors (Lipinski definition) is 5. The van der Waals surface area contributed by atoms with Crippen LogP contribution in [-0.4, -0.2) is 64.6 Å². The number of ketones is 1. The molecule has 31 heavy (non-hydrogen) atoms. The highest BCUT2D eigenvalue weighted by molar-refractivity contribution is 6.01. The van der Waals surface area contributed by atoms with Crippen LogP contribution in [0.3, 0.4) is 0 Å². The molecule has 7 nitrogen and oxygen atoms in total. The Labute approximate surface area is 180 Å². The largest absolute Gasteiger partial charge is 0.497 e. The number of fused-ring (bicyclic) bond motifs is 3. The molecule has 2 aromatic carbocycles. The number of Topliss-reactive ketones (excluding diaryl/α,β-unsaturated/α-hetero) is 1. The van der Waals surface area contributed by atoms with Crippen molar-refractivity contribution in [2.24, 2.45) is 0 Å². The van der Waals surface area contributed by atoms with Crippen LogP contribution in [0.1, 0.15) is 17.4 Å². The molecule has 0 amide bonds. The SMILES string of the molecule is COc1ccc(-c2nc3n(CCN4CCOCC4)c4ccccc4n3c2C(C)=O)cc1. The van der Waals surface area contributed by atoms with Crippen molar-refractivity contribution in [1.29, 1.82) is 0 Å². The molecule has 0 bridgehead atoms. The molecule has 0 spiro atoms. The molecule has 0 radical (unpaired) electrons. The minimum atomic E-state index is -0.00518. The standard InChI is InChI=1S/C24H26N4O3/c1-17(29)23-22(18-7-9-19(30-2)10-8-18)25-24-27(12-11-26-13-15-31-16-14-26)20-5-3-4-6-21(20)28(23)24/h3-10H,11-16H2,1-2H3. The Balaban J connectivity index is 1.65. The lowest BCUT2D eigenvalue weighted by molar-refractivity contribution is 0.0366. The molecule has 0 saturated carbocycles. The third kappa shape index (κ3) is 3.49. The molecule has 160 valence electrons. The van der Waals surface area contributed by atoms with Crippen LogP contribution in [0.15, 0.2) is 48.5 Å². The van der Waals surface area contributed by atoms with Crippen molar-refractivity contribution in [2.75, 3.05) is 40.0 Å². The number of methoxy groups -OCH3 is 1. The Morgan fingerprint density at radius 3 is 2.42 bits per heavy atom. The number of hydrogen-bond donors (Lipinski definition) is 0. The third-order valence-electron chi connectivity index (χ3n) is 5.96. The summed E-state index contributed by atoms with van der Waals surface area (Å²) < 4.78 is 15.0. The Hall–Kier alpha value is -3.16. The van der Waals surface area contributed by atoms with Gasteiger partial charge in [0.1, 0.15) is 17.1 Å². The summed E-state index contributed by atoms with van der Waals surface area (Å²) in [6.45, 7) is 6.77. The number of carbonyl (C=O) groups is 1. The van der Waals surface area contributed by atoms with E-state index in [4.69, 9.17) is 14.5 Å². The zero-order valence-corrected chi connectivity index (χ0v) is 17.9. The van der Waals surface area contributed by atoms with Crippen LogP contribution >= 0.6 is 0 Å². The van der Waals surface area contributed by atoms with Crippen LogP contribution in [0.25, 0.3) is 28.1 Å². The van der Waals surface area contributed by atoms with Crippen molar-refractivity contribution in [3.8, 4) is 17.0 Å². The maximum Gasteiger partial charge on any atom is 0.216 e. The number of morpholine rings is 1. The summed E-state index contributed by atoms with van der Waals surface area (Å²) in [5.41, 5.74) is 4.30. The number of benzene rings is 2. The summed E-state index contributed by atoms with van der Waals surface area (Å²) in [7, 11) is 1.64. The van der Waals surface area contributed by atoms with Crippen LogP contribution in [0.2, 0.25) is 0 Å². The number of para-hydroxylation sites is 2. The molecule has 0 atom stereocenters. The highest BCUT2D eigenvalue weighted by Gasteiger charge is 2.24. The first-order valence-electron chi connectivity index (χ1n) is 10.6. The van der Waals surface area contributed by atoms with E-state index in [9.17, 15) is 4.79 Å². The Morgan fingerprint density at radius 1 is 1.03 bits per heavy atom. The highest BCUT2D eigenvalue weighted by atomic mass is 16.5. The molecular formula is C24H26N4O3. The van der Waals surface area contributed by atoms with E-state index in [0.717, 1.165) is 67.5 Å².